The topological polar surface area (TPSA) is 131 Å². The number of nitrogens with zero attached hydrogens (tertiary/aromatic N) is 1. The van der Waals surface area contributed by atoms with Crippen molar-refractivity contribution in [1.29, 1.82) is 0 Å². The molecule has 0 saturated heterocycles. The van der Waals surface area contributed by atoms with E-state index in [4.69, 9.17) is 14.2 Å². The number of ether oxygens (including phenoxy) is 3. The van der Waals surface area contributed by atoms with Gasteiger partial charge in [-0.3, -0.25) is 14.4 Å². The van der Waals surface area contributed by atoms with Gasteiger partial charge in [-0.1, -0.05) is 17.7 Å². The Morgan fingerprint density at radius 1 is 0.868 bits per heavy atom. The van der Waals surface area contributed by atoms with E-state index in [9.17, 15) is 24.3 Å². The van der Waals surface area contributed by atoms with Crippen LogP contribution in [0.25, 0.3) is 0 Å². The number of carboxylic acid groups (broad SMARTS) is 1. The summed E-state index contributed by atoms with van der Waals surface area (Å²) in [5.41, 5.74) is 1.78. The van der Waals surface area contributed by atoms with Crippen molar-refractivity contribution in [2.45, 2.75) is 6.92 Å². The van der Waals surface area contributed by atoms with Gasteiger partial charge in [0.25, 0.3) is 17.7 Å². The predicted molar refractivity (Wildman–Crippen MR) is 138 cm³/mol. The summed E-state index contributed by atoms with van der Waals surface area (Å²) in [5, 5.41) is 12.1. The molecule has 3 aromatic carbocycles. The summed E-state index contributed by atoms with van der Waals surface area (Å²) >= 11 is 0. The Morgan fingerprint density at radius 2 is 1.58 bits per heavy atom. The molecule has 0 unspecified atom stereocenters. The number of fused-ring (bicyclic) bond motifs is 1. The largest absolute Gasteiger partial charge is 0.490 e. The highest BCUT2D eigenvalue weighted by molar-refractivity contribution is 6.34. The van der Waals surface area contributed by atoms with Gasteiger partial charge in [-0.2, -0.15) is 0 Å². The van der Waals surface area contributed by atoms with E-state index in [1.165, 1.54) is 36.4 Å². The summed E-state index contributed by atoms with van der Waals surface area (Å²) in [6.07, 6.45) is 0. The Balaban J connectivity index is 1.62. The smallest absolute Gasteiger partial charge is 0.335 e. The molecule has 0 aliphatic carbocycles. The normalized spacial score (nSPS) is 12.4. The number of benzene rings is 3. The summed E-state index contributed by atoms with van der Waals surface area (Å²) in [4.78, 5) is 51.7. The second-order valence-electron chi connectivity index (χ2n) is 8.47. The van der Waals surface area contributed by atoms with E-state index in [1.54, 1.807) is 19.2 Å². The maximum atomic E-state index is 13.3. The lowest BCUT2D eigenvalue weighted by Crippen LogP contribution is -2.29. The molecule has 38 heavy (non-hydrogen) atoms. The molecular weight excluding hydrogens is 492 g/mol. The number of aryl methyl sites for hydroxylation is 1. The predicted octanol–water partition coefficient (Wildman–Crippen LogP) is 3.79. The van der Waals surface area contributed by atoms with Gasteiger partial charge in [0, 0.05) is 12.8 Å². The van der Waals surface area contributed by atoms with Crippen LogP contribution in [0.2, 0.25) is 0 Å². The highest BCUT2D eigenvalue weighted by Crippen LogP contribution is 2.33. The monoisotopic (exact) mass is 518 g/mol. The number of carbonyl (C=O) groups is 4. The number of aromatic carboxylic acids is 1. The van der Waals surface area contributed by atoms with E-state index < -0.39 is 23.7 Å². The average Bonchev–Trinajstić information content (AvgIpc) is 3.16. The molecule has 0 aromatic heterocycles. The fourth-order valence-electron chi connectivity index (χ4n) is 3.86. The first kappa shape index (κ1) is 26.5. The molecule has 0 saturated carbocycles. The van der Waals surface area contributed by atoms with Crippen LogP contribution in [0.15, 0.2) is 60.7 Å². The summed E-state index contributed by atoms with van der Waals surface area (Å²) < 4.78 is 16.1. The molecule has 3 amide bonds. The van der Waals surface area contributed by atoms with Crippen LogP contribution in [0.4, 0.5) is 11.4 Å². The molecule has 1 aliphatic rings. The molecule has 4 rings (SSSR count). The number of hydrogen-bond donors (Lipinski definition) is 2. The van der Waals surface area contributed by atoms with Crippen molar-refractivity contribution in [2.75, 3.05) is 43.8 Å². The van der Waals surface area contributed by atoms with E-state index in [2.05, 4.69) is 5.32 Å². The Bertz CT molecular complexity index is 1380. The van der Waals surface area contributed by atoms with Gasteiger partial charge in [0.2, 0.25) is 0 Å². The second-order valence-corrected chi connectivity index (χ2v) is 8.47. The minimum Gasteiger partial charge on any atom is -0.490 e. The van der Waals surface area contributed by atoms with E-state index in [1.807, 2.05) is 19.1 Å². The van der Waals surface area contributed by atoms with Crippen LogP contribution in [-0.2, 0) is 9.47 Å². The minimum absolute atomic E-state index is 0.0194. The number of anilines is 2. The van der Waals surface area contributed by atoms with Crippen molar-refractivity contribution >= 4 is 35.1 Å². The first-order valence-corrected chi connectivity index (χ1v) is 11.8. The lowest BCUT2D eigenvalue weighted by atomic mass is 10.1. The van der Waals surface area contributed by atoms with Crippen LogP contribution < -0.4 is 15.0 Å². The van der Waals surface area contributed by atoms with Crippen LogP contribution >= 0.6 is 0 Å². The van der Waals surface area contributed by atoms with Crippen molar-refractivity contribution in [2.24, 2.45) is 0 Å². The number of nitrogens with one attached hydrogen (secondary N) is 1. The first-order chi connectivity index (χ1) is 18.3. The number of hydrogen-bond acceptors (Lipinski definition) is 7. The second kappa shape index (κ2) is 11.7. The fourth-order valence-corrected chi connectivity index (χ4v) is 3.86. The molecule has 1 heterocycles. The molecule has 0 fully saturated rings. The van der Waals surface area contributed by atoms with Gasteiger partial charge < -0.3 is 24.6 Å². The van der Waals surface area contributed by atoms with Gasteiger partial charge in [-0.25, -0.2) is 9.69 Å². The average molecular weight is 519 g/mol. The number of carboxylic acids is 1. The van der Waals surface area contributed by atoms with Crippen molar-refractivity contribution in [3.63, 3.8) is 0 Å². The Kier molecular flexibility index (Phi) is 8.15. The number of carbonyl (C=O) groups excluding carboxylic acids is 3. The number of imide groups is 1. The fraction of sp³-hybridized carbons (Fsp3) is 0.214. The molecule has 196 valence electrons. The van der Waals surface area contributed by atoms with Gasteiger partial charge in [-0.15, -0.1) is 0 Å². The molecule has 10 heteroatoms. The zero-order valence-corrected chi connectivity index (χ0v) is 20.9. The lowest BCUT2D eigenvalue weighted by molar-refractivity contribution is 0.0542. The van der Waals surface area contributed by atoms with Crippen molar-refractivity contribution in [3.05, 3.63) is 88.5 Å². The van der Waals surface area contributed by atoms with Gasteiger partial charge in [0.1, 0.15) is 12.4 Å². The zero-order valence-electron chi connectivity index (χ0n) is 20.9. The van der Waals surface area contributed by atoms with E-state index in [0.29, 0.717) is 18.9 Å². The molecule has 3 aromatic rings. The van der Waals surface area contributed by atoms with E-state index in [-0.39, 0.29) is 46.9 Å². The summed E-state index contributed by atoms with van der Waals surface area (Å²) in [6.45, 7) is 3.17. The SMILES string of the molecule is COCCOCCOc1ccc(N2C(=O)c3ccc(C(=O)O)cc3C2=O)cc1C(=O)Nc1ccc(C)cc1. The van der Waals surface area contributed by atoms with E-state index >= 15 is 0 Å². The Labute approximate surface area is 218 Å². The number of methoxy groups -OCH3 is 1. The van der Waals surface area contributed by atoms with Crippen molar-refractivity contribution in [1.82, 2.24) is 0 Å². The summed E-state index contributed by atoms with van der Waals surface area (Å²) in [7, 11) is 1.57. The molecular formula is C28H26N2O8. The van der Waals surface area contributed by atoms with Gasteiger partial charge in [0.05, 0.1) is 47.8 Å². The summed E-state index contributed by atoms with van der Waals surface area (Å²) in [6, 6.07) is 15.3. The van der Waals surface area contributed by atoms with Crippen LogP contribution in [-0.4, -0.2) is 62.3 Å². The molecule has 10 nitrogen and oxygen atoms in total. The summed E-state index contributed by atoms with van der Waals surface area (Å²) in [5.74, 6) is -2.78. The molecule has 0 atom stereocenters. The van der Waals surface area contributed by atoms with Crippen LogP contribution in [0.3, 0.4) is 0 Å². The van der Waals surface area contributed by atoms with Crippen LogP contribution in [0, 0.1) is 6.92 Å². The van der Waals surface area contributed by atoms with Crippen molar-refractivity contribution in [3.8, 4) is 5.75 Å². The van der Waals surface area contributed by atoms with E-state index in [0.717, 1.165) is 10.5 Å². The van der Waals surface area contributed by atoms with Crippen LogP contribution in [0.5, 0.6) is 5.75 Å². The quantitative estimate of drug-likeness (QED) is 0.290. The van der Waals surface area contributed by atoms with Crippen molar-refractivity contribution < 1.29 is 38.5 Å². The van der Waals surface area contributed by atoms with Crippen LogP contribution in [0.1, 0.15) is 47.0 Å². The number of rotatable bonds is 11. The minimum atomic E-state index is -1.21. The zero-order chi connectivity index (χ0) is 27.2. The highest BCUT2D eigenvalue weighted by Gasteiger charge is 2.37. The molecule has 0 bridgehead atoms. The Hall–Kier alpha value is -4.54. The maximum Gasteiger partial charge on any atom is 0.335 e. The van der Waals surface area contributed by atoms with Gasteiger partial charge in [0.15, 0.2) is 0 Å². The third-order valence-electron chi connectivity index (χ3n) is 5.83. The lowest BCUT2D eigenvalue weighted by Gasteiger charge is -2.18. The standard InChI is InChI=1S/C28H26N2O8/c1-17-3-6-19(7-4-17)29-25(31)23-16-20(8-10-24(23)38-14-13-37-12-11-36-2)30-26(32)21-9-5-18(28(34)35)15-22(21)27(30)33/h3-10,15-16H,11-14H2,1-2H3,(H,29,31)(H,34,35). The number of amides is 3. The maximum absolute atomic E-state index is 13.3. The third-order valence-corrected chi connectivity index (χ3v) is 5.83. The first-order valence-electron chi connectivity index (χ1n) is 11.8. The molecule has 1 aliphatic heterocycles. The Morgan fingerprint density at radius 3 is 2.29 bits per heavy atom. The molecule has 2 N–H and O–H groups in total. The molecule has 0 radical (unpaired) electrons. The van der Waals surface area contributed by atoms with Gasteiger partial charge in [-0.05, 0) is 55.5 Å². The molecule has 0 spiro atoms. The highest BCUT2D eigenvalue weighted by atomic mass is 16.5. The van der Waals surface area contributed by atoms with Gasteiger partial charge >= 0.3 is 5.97 Å². The third kappa shape index (κ3) is 5.72.